The van der Waals surface area contributed by atoms with Crippen LogP contribution in [-0.2, 0) is 14.9 Å². The van der Waals surface area contributed by atoms with Gasteiger partial charge in [-0.3, -0.25) is 4.79 Å². The molecule has 6 nitrogen and oxygen atoms in total. The third kappa shape index (κ3) is 4.51. The fourth-order valence-corrected chi connectivity index (χ4v) is 4.25. The highest BCUT2D eigenvalue weighted by atomic mass is 35.5. The van der Waals surface area contributed by atoms with Crippen molar-refractivity contribution in [3.8, 4) is 5.75 Å². The number of benzene rings is 2. The average molecular weight is 413 g/mol. The topological polar surface area (TPSA) is 66.9 Å². The maximum Gasteiger partial charge on any atom is 0.340 e. The molecule has 0 N–H and O–H groups in total. The van der Waals surface area contributed by atoms with Crippen LogP contribution in [0.2, 0.25) is 5.02 Å². The van der Waals surface area contributed by atoms with Gasteiger partial charge in [-0.2, -0.15) is 8.42 Å². The molecular weight excluding hydrogens is 395 g/mol. The minimum absolute atomic E-state index is 0.0552. The van der Waals surface area contributed by atoms with Crippen molar-refractivity contribution in [1.82, 2.24) is 4.90 Å². The van der Waals surface area contributed by atoms with E-state index >= 15 is 0 Å². The summed E-state index contributed by atoms with van der Waals surface area (Å²) in [6.45, 7) is 4.21. The molecule has 1 amide bonds. The predicted octanol–water partition coefficient (Wildman–Crippen LogP) is 2.92. The van der Waals surface area contributed by atoms with Crippen LogP contribution < -0.4 is 9.08 Å². The number of hydrogen-bond donors (Lipinski definition) is 0. The minimum Gasteiger partial charge on any atom is -0.379 e. The van der Waals surface area contributed by atoms with E-state index < -0.39 is 20.8 Å². The Morgan fingerprint density at radius 1 is 1.07 bits per heavy atom. The number of amides is 1. The number of carbonyl (C=O) groups is 1. The van der Waals surface area contributed by atoms with Gasteiger partial charge in [-0.15, -0.1) is 0 Å². The molecular formula is C18H18ClFN2O4S. The number of carbonyl (C=O) groups excluding carboxylic acids is 1. The van der Waals surface area contributed by atoms with Crippen LogP contribution in [0.25, 0.3) is 0 Å². The second kappa shape index (κ2) is 7.74. The fourth-order valence-electron chi connectivity index (χ4n) is 2.83. The summed E-state index contributed by atoms with van der Waals surface area (Å²) < 4.78 is 43.1. The second-order valence-electron chi connectivity index (χ2n) is 6.10. The van der Waals surface area contributed by atoms with E-state index in [1.165, 1.54) is 12.1 Å². The zero-order valence-electron chi connectivity index (χ0n) is 14.6. The van der Waals surface area contributed by atoms with Crippen molar-refractivity contribution in [2.75, 3.05) is 31.1 Å². The van der Waals surface area contributed by atoms with E-state index in [2.05, 4.69) is 4.90 Å². The van der Waals surface area contributed by atoms with Crippen LogP contribution in [0.4, 0.5) is 10.1 Å². The average Bonchev–Trinajstić information content (AvgIpc) is 2.64. The van der Waals surface area contributed by atoms with Crippen molar-refractivity contribution in [3.05, 3.63) is 53.3 Å². The molecule has 0 radical (unpaired) electrons. The van der Waals surface area contributed by atoms with Gasteiger partial charge in [-0.05, 0) is 42.5 Å². The molecule has 1 fully saturated rings. The number of piperazine rings is 1. The summed E-state index contributed by atoms with van der Waals surface area (Å²) in [6.07, 6.45) is 0. The Labute approximate surface area is 162 Å². The van der Waals surface area contributed by atoms with Crippen LogP contribution in [0.15, 0.2) is 47.4 Å². The van der Waals surface area contributed by atoms with Gasteiger partial charge < -0.3 is 14.0 Å². The molecule has 3 rings (SSSR count). The Bertz CT molecular complexity index is 942. The van der Waals surface area contributed by atoms with Gasteiger partial charge in [-0.1, -0.05) is 11.6 Å². The summed E-state index contributed by atoms with van der Waals surface area (Å²) in [5, 5.41) is -0.114. The van der Waals surface area contributed by atoms with Gasteiger partial charge in [0.25, 0.3) is 0 Å². The van der Waals surface area contributed by atoms with E-state index in [0.717, 1.165) is 23.9 Å². The Hall–Kier alpha value is -2.32. The quantitative estimate of drug-likeness (QED) is 0.722. The lowest BCUT2D eigenvalue weighted by molar-refractivity contribution is -0.129. The van der Waals surface area contributed by atoms with Gasteiger partial charge in [-0.25, -0.2) is 4.39 Å². The van der Waals surface area contributed by atoms with E-state index in [-0.39, 0.29) is 16.7 Å². The summed E-state index contributed by atoms with van der Waals surface area (Å²) in [4.78, 5) is 14.8. The first-order valence-corrected chi connectivity index (χ1v) is 10.0. The maximum atomic E-state index is 13.3. The van der Waals surface area contributed by atoms with E-state index in [4.69, 9.17) is 15.8 Å². The monoisotopic (exact) mass is 412 g/mol. The minimum atomic E-state index is -4.25. The number of hydrogen-bond acceptors (Lipinski definition) is 5. The summed E-state index contributed by atoms with van der Waals surface area (Å²) in [7, 11) is -4.25. The van der Waals surface area contributed by atoms with Gasteiger partial charge in [0.1, 0.15) is 16.5 Å². The first-order chi connectivity index (χ1) is 12.8. The largest absolute Gasteiger partial charge is 0.379 e. The number of rotatable bonds is 4. The summed E-state index contributed by atoms with van der Waals surface area (Å²) in [5.74, 6) is -0.567. The van der Waals surface area contributed by atoms with Crippen molar-refractivity contribution in [3.63, 3.8) is 0 Å². The van der Waals surface area contributed by atoms with Gasteiger partial charge in [0, 0.05) is 38.8 Å². The highest BCUT2D eigenvalue weighted by Gasteiger charge is 2.22. The van der Waals surface area contributed by atoms with Gasteiger partial charge in [0.2, 0.25) is 5.91 Å². The maximum absolute atomic E-state index is 13.3. The Morgan fingerprint density at radius 3 is 2.30 bits per heavy atom. The molecule has 144 valence electrons. The molecule has 0 spiro atoms. The zero-order chi connectivity index (χ0) is 19.6. The molecule has 2 aromatic carbocycles. The normalized spacial score (nSPS) is 14.9. The van der Waals surface area contributed by atoms with Gasteiger partial charge in [0.15, 0.2) is 0 Å². The first-order valence-electron chi connectivity index (χ1n) is 8.26. The molecule has 27 heavy (non-hydrogen) atoms. The lowest BCUT2D eigenvalue weighted by Gasteiger charge is -2.35. The Balaban J connectivity index is 1.71. The van der Waals surface area contributed by atoms with Crippen molar-refractivity contribution in [2.24, 2.45) is 0 Å². The molecule has 0 bridgehead atoms. The third-order valence-corrected chi connectivity index (χ3v) is 6.03. The summed E-state index contributed by atoms with van der Waals surface area (Å²) in [6, 6.07) is 9.58. The molecule has 9 heteroatoms. The van der Waals surface area contributed by atoms with Crippen molar-refractivity contribution in [2.45, 2.75) is 11.8 Å². The number of anilines is 1. The molecule has 2 aromatic rings. The smallest absolute Gasteiger partial charge is 0.340 e. The first kappa shape index (κ1) is 19.4. The summed E-state index contributed by atoms with van der Waals surface area (Å²) in [5.41, 5.74) is 0.895. The van der Waals surface area contributed by atoms with Crippen LogP contribution in [0.1, 0.15) is 6.92 Å². The van der Waals surface area contributed by atoms with Crippen LogP contribution in [0, 0.1) is 5.82 Å². The molecule has 0 saturated carbocycles. The zero-order valence-corrected chi connectivity index (χ0v) is 16.1. The summed E-state index contributed by atoms with van der Waals surface area (Å²) >= 11 is 5.85. The fraction of sp³-hybridized carbons (Fsp3) is 0.278. The van der Waals surface area contributed by atoms with Gasteiger partial charge >= 0.3 is 10.1 Å². The molecule has 0 aliphatic carbocycles. The van der Waals surface area contributed by atoms with E-state index in [1.54, 1.807) is 24.0 Å². The molecule has 1 aliphatic rings. The molecule has 0 atom stereocenters. The molecule has 1 aliphatic heterocycles. The van der Waals surface area contributed by atoms with E-state index in [9.17, 15) is 17.6 Å². The number of halogens is 2. The third-order valence-electron chi connectivity index (χ3n) is 4.30. The predicted molar refractivity (Wildman–Crippen MR) is 100 cm³/mol. The molecule has 1 saturated heterocycles. The Morgan fingerprint density at radius 2 is 1.70 bits per heavy atom. The highest BCUT2D eigenvalue weighted by Crippen LogP contribution is 2.27. The van der Waals surface area contributed by atoms with Crippen LogP contribution in [-0.4, -0.2) is 45.4 Å². The second-order valence-corrected chi connectivity index (χ2v) is 8.02. The van der Waals surface area contributed by atoms with Crippen LogP contribution in [0.5, 0.6) is 5.75 Å². The number of nitrogens with zero attached hydrogens (tertiary/aromatic N) is 2. The lowest BCUT2D eigenvalue weighted by atomic mass is 10.2. The van der Waals surface area contributed by atoms with Crippen LogP contribution >= 0.6 is 11.6 Å². The van der Waals surface area contributed by atoms with Crippen LogP contribution in [0.3, 0.4) is 0 Å². The van der Waals surface area contributed by atoms with E-state index in [0.29, 0.717) is 26.2 Å². The van der Waals surface area contributed by atoms with Crippen molar-refractivity contribution < 1.29 is 21.8 Å². The SMILES string of the molecule is CC(=O)N1CCN(c2ccc(OS(=O)(=O)c3cc(F)ccc3Cl)cc2)CC1. The molecule has 0 unspecified atom stereocenters. The molecule has 1 heterocycles. The van der Waals surface area contributed by atoms with Gasteiger partial charge in [0.05, 0.1) is 5.02 Å². The molecule has 0 aromatic heterocycles. The van der Waals surface area contributed by atoms with E-state index in [1.807, 2.05) is 0 Å². The standard InChI is InChI=1S/C18H18ClFN2O4S/c1-13(23)21-8-10-22(11-9-21)15-3-5-16(6-4-15)26-27(24,25)18-12-14(20)2-7-17(18)19/h2-7,12H,8-11H2,1H3. The van der Waals surface area contributed by atoms with Crippen molar-refractivity contribution in [1.29, 1.82) is 0 Å². The Kier molecular flexibility index (Phi) is 5.57. The van der Waals surface area contributed by atoms with Crippen molar-refractivity contribution >= 4 is 33.3 Å². The highest BCUT2D eigenvalue weighted by molar-refractivity contribution is 7.87. The lowest BCUT2D eigenvalue weighted by Crippen LogP contribution is -2.48.